The highest BCUT2D eigenvalue weighted by Crippen LogP contribution is 2.37. The van der Waals surface area contributed by atoms with Crippen molar-refractivity contribution in [2.75, 3.05) is 5.32 Å². The van der Waals surface area contributed by atoms with Gasteiger partial charge in [-0.25, -0.2) is 4.39 Å². The molecule has 0 aromatic heterocycles. The molecule has 102 valence electrons. The molecule has 1 aromatic carbocycles. The van der Waals surface area contributed by atoms with E-state index in [9.17, 15) is 19.3 Å². The summed E-state index contributed by atoms with van der Waals surface area (Å²) in [4.78, 5) is 21.0. The van der Waals surface area contributed by atoms with E-state index >= 15 is 0 Å². The first-order valence-electron chi connectivity index (χ1n) is 5.89. The number of nitro groups is 1. The fourth-order valence-electron chi connectivity index (χ4n) is 2.01. The highest BCUT2D eigenvalue weighted by Gasteiger charge is 2.33. The summed E-state index contributed by atoms with van der Waals surface area (Å²) in [6, 6.07) is 2.70. The van der Waals surface area contributed by atoms with Crippen molar-refractivity contribution in [3.63, 3.8) is 0 Å². The van der Waals surface area contributed by atoms with E-state index in [2.05, 4.69) is 5.32 Å². The number of carboxylic acids is 1. The van der Waals surface area contributed by atoms with Crippen LogP contribution in [0.3, 0.4) is 0 Å². The second-order valence-corrected chi connectivity index (χ2v) is 4.60. The van der Waals surface area contributed by atoms with Crippen LogP contribution in [0.2, 0.25) is 0 Å². The maximum atomic E-state index is 13.2. The highest BCUT2D eigenvalue weighted by atomic mass is 19.1. The Bertz CT molecular complexity index is 516. The first-order chi connectivity index (χ1) is 8.97. The van der Waals surface area contributed by atoms with Gasteiger partial charge in [0.2, 0.25) is 0 Å². The minimum absolute atomic E-state index is 0.0307. The third-order valence-corrected chi connectivity index (χ3v) is 3.08. The molecule has 1 aromatic rings. The summed E-state index contributed by atoms with van der Waals surface area (Å²) in [5.41, 5.74) is -0.222. The smallest absolute Gasteiger partial charge is 0.305 e. The summed E-state index contributed by atoms with van der Waals surface area (Å²) in [7, 11) is 0. The van der Waals surface area contributed by atoms with Gasteiger partial charge in [0.1, 0.15) is 11.5 Å². The first kappa shape index (κ1) is 13.3. The summed E-state index contributed by atoms with van der Waals surface area (Å²) in [6.07, 6.45) is 1.63. The van der Waals surface area contributed by atoms with Crippen LogP contribution >= 0.6 is 0 Å². The molecule has 0 aliphatic heterocycles. The molecule has 1 atom stereocenters. The summed E-state index contributed by atoms with van der Waals surface area (Å²) in [5, 5.41) is 22.5. The van der Waals surface area contributed by atoms with Crippen molar-refractivity contribution in [2.24, 2.45) is 5.92 Å². The summed E-state index contributed by atoms with van der Waals surface area (Å²) >= 11 is 0. The molecule has 0 saturated heterocycles. The van der Waals surface area contributed by atoms with Crippen LogP contribution in [0.25, 0.3) is 0 Å². The summed E-state index contributed by atoms with van der Waals surface area (Å²) in [6.45, 7) is 0. The number of hydrogen-bond donors (Lipinski definition) is 2. The van der Waals surface area contributed by atoms with Crippen LogP contribution in [0.15, 0.2) is 18.2 Å². The number of nitrogens with zero attached hydrogens (tertiary/aromatic N) is 1. The standard InChI is InChI=1S/C12H13FN2O4/c13-8-3-4-11(15(18)19)10(5-8)14-9(6-12(16)17)7-1-2-7/h3-5,7,9,14H,1-2,6H2,(H,16,17). The zero-order valence-electron chi connectivity index (χ0n) is 10.0. The van der Waals surface area contributed by atoms with E-state index in [0.29, 0.717) is 0 Å². The Morgan fingerprint density at radius 2 is 2.26 bits per heavy atom. The number of hydrogen-bond acceptors (Lipinski definition) is 4. The Morgan fingerprint density at radius 1 is 1.58 bits per heavy atom. The van der Waals surface area contributed by atoms with Crippen LogP contribution in [0.4, 0.5) is 15.8 Å². The van der Waals surface area contributed by atoms with Gasteiger partial charge in [0, 0.05) is 18.2 Å². The zero-order chi connectivity index (χ0) is 14.0. The van der Waals surface area contributed by atoms with Gasteiger partial charge in [0.05, 0.1) is 11.3 Å². The van der Waals surface area contributed by atoms with Gasteiger partial charge < -0.3 is 10.4 Å². The van der Waals surface area contributed by atoms with E-state index in [1.165, 1.54) is 0 Å². The van der Waals surface area contributed by atoms with Crippen molar-refractivity contribution < 1.29 is 19.2 Å². The van der Waals surface area contributed by atoms with Crippen molar-refractivity contribution in [2.45, 2.75) is 25.3 Å². The van der Waals surface area contributed by atoms with Crippen molar-refractivity contribution in [3.8, 4) is 0 Å². The normalized spacial score (nSPS) is 15.8. The van der Waals surface area contributed by atoms with Crippen molar-refractivity contribution in [1.29, 1.82) is 0 Å². The van der Waals surface area contributed by atoms with Gasteiger partial charge in [-0.1, -0.05) is 0 Å². The topological polar surface area (TPSA) is 92.5 Å². The van der Waals surface area contributed by atoms with E-state index in [1.54, 1.807) is 0 Å². The second-order valence-electron chi connectivity index (χ2n) is 4.60. The van der Waals surface area contributed by atoms with E-state index in [4.69, 9.17) is 5.11 Å². The second kappa shape index (κ2) is 5.21. The lowest BCUT2D eigenvalue weighted by Crippen LogP contribution is -2.25. The maximum Gasteiger partial charge on any atom is 0.305 e. The molecule has 0 heterocycles. The molecule has 1 unspecified atom stereocenters. The molecular weight excluding hydrogens is 255 g/mol. The van der Waals surface area contributed by atoms with Crippen molar-refractivity contribution >= 4 is 17.3 Å². The Labute approximate surface area is 108 Å². The minimum Gasteiger partial charge on any atom is -0.481 e. The quantitative estimate of drug-likeness (QED) is 0.610. The third kappa shape index (κ3) is 3.40. The van der Waals surface area contributed by atoms with E-state index in [-0.39, 0.29) is 23.7 Å². The largest absolute Gasteiger partial charge is 0.481 e. The lowest BCUT2D eigenvalue weighted by Gasteiger charge is -2.17. The Hall–Kier alpha value is -2.18. The molecule has 0 radical (unpaired) electrons. The third-order valence-electron chi connectivity index (χ3n) is 3.08. The fourth-order valence-corrected chi connectivity index (χ4v) is 2.01. The number of aliphatic carboxylic acids is 1. The molecule has 0 spiro atoms. The van der Waals surface area contributed by atoms with Crippen LogP contribution in [0, 0.1) is 21.8 Å². The molecule has 19 heavy (non-hydrogen) atoms. The first-order valence-corrected chi connectivity index (χ1v) is 5.89. The summed E-state index contributed by atoms with van der Waals surface area (Å²) in [5.74, 6) is -1.40. The van der Waals surface area contributed by atoms with Crippen molar-refractivity contribution in [1.82, 2.24) is 0 Å². The number of carboxylic acid groups (broad SMARTS) is 1. The molecule has 2 rings (SSSR count). The van der Waals surface area contributed by atoms with Crippen LogP contribution < -0.4 is 5.32 Å². The van der Waals surface area contributed by atoms with Crippen LogP contribution in [-0.4, -0.2) is 22.0 Å². The van der Waals surface area contributed by atoms with E-state index in [0.717, 1.165) is 31.0 Å². The number of rotatable bonds is 6. The lowest BCUT2D eigenvalue weighted by atomic mass is 10.1. The van der Waals surface area contributed by atoms with E-state index < -0.39 is 22.8 Å². The SMILES string of the molecule is O=C(O)CC(Nc1cc(F)ccc1[N+](=O)[O-])C1CC1. The van der Waals surface area contributed by atoms with Crippen LogP contribution in [0.5, 0.6) is 0 Å². The van der Waals surface area contributed by atoms with Gasteiger partial charge in [-0.05, 0) is 24.8 Å². The molecule has 0 bridgehead atoms. The number of halogens is 1. The molecule has 6 nitrogen and oxygen atoms in total. The molecule has 1 aliphatic rings. The molecule has 7 heteroatoms. The van der Waals surface area contributed by atoms with Gasteiger partial charge in [-0.2, -0.15) is 0 Å². The van der Waals surface area contributed by atoms with Gasteiger partial charge >= 0.3 is 5.97 Å². The molecule has 1 saturated carbocycles. The molecule has 2 N–H and O–H groups in total. The van der Waals surface area contributed by atoms with Crippen LogP contribution in [0.1, 0.15) is 19.3 Å². The average Bonchev–Trinajstić information content (AvgIpc) is 3.10. The van der Waals surface area contributed by atoms with Gasteiger partial charge in [0.15, 0.2) is 0 Å². The number of benzene rings is 1. The predicted molar refractivity (Wildman–Crippen MR) is 65.4 cm³/mol. The highest BCUT2D eigenvalue weighted by molar-refractivity contribution is 5.69. The average molecular weight is 268 g/mol. The molecular formula is C12H13FN2O4. The molecule has 1 aliphatic carbocycles. The molecule has 0 amide bonds. The maximum absolute atomic E-state index is 13.2. The Kier molecular flexibility index (Phi) is 3.64. The van der Waals surface area contributed by atoms with Gasteiger partial charge in [-0.15, -0.1) is 0 Å². The van der Waals surface area contributed by atoms with Gasteiger partial charge in [-0.3, -0.25) is 14.9 Å². The lowest BCUT2D eigenvalue weighted by molar-refractivity contribution is -0.384. The monoisotopic (exact) mass is 268 g/mol. The number of carbonyl (C=O) groups is 1. The zero-order valence-corrected chi connectivity index (χ0v) is 10.0. The predicted octanol–water partition coefficient (Wildman–Crippen LogP) is 2.40. The van der Waals surface area contributed by atoms with Crippen LogP contribution in [-0.2, 0) is 4.79 Å². The summed E-state index contributed by atoms with van der Waals surface area (Å²) < 4.78 is 13.2. The van der Waals surface area contributed by atoms with Gasteiger partial charge in [0.25, 0.3) is 5.69 Å². The van der Waals surface area contributed by atoms with E-state index in [1.807, 2.05) is 0 Å². The Morgan fingerprint density at radius 3 is 2.79 bits per heavy atom. The molecule has 1 fully saturated rings. The minimum atomic E-state index is -0.983. The Balaban J connectivity index is 2.22. The van der Waals surface area contributed by atoms with Crippen molar-refractivity contribution in [3.05, 3.63) is 34.1 Å². The number of nitro benzene ring substituents is 1. The number of anilines is 1. The fraction of sp³-hybridized carbons (Fsp3) is 0.417. The number of nitrogens with one attached hydrogen (secondary N) is 1.